The topological polar surface area (TPSA) is 64.9 Å². The van der Waals surface area contributed by atoms with Gasteiger partial charge >= 0.3 is 0 Å². The molecular formula is C20H22BrCl2FN4OSi. The molecule has 0 spiro atoms. The third-order valence-electron chi connectivity index (χ3n) is 5.23. The van der Waals surface area contributed by atoms with Crippen LogP contribution in [-0.2, 0) is 0 Å². The van der Waals surface area contributed by atoms with Gasteiger partial charge in [-0.1, -0.05) is 44.0 Å². The van der Waals surface area contributed by atoms with Crippen LogP contribution in [0.3, 0.4) is 0 Å². The van der Waals surface area contributed by atoms with Gasteiger partial charge in [-0.15, -0.1) is 0 Å². The largest absolute Gasteiger partial charge is 0.542 e. The van der Waals surface area contributed by atoms with Crippen LogP contribution in [0.15, 0.2) is 40.1 Å². The van der Waals surface area contributed by atoms with Gasteiger partial charge in [0, 0.05) is 22.8 Å². The van der Waals surface area contributed by atoms with Gasteiger partial charge in [-0.3, -0.25) is 0 Å². The zero-order chi connectivity index (χ0) is 22.4. The minimum atomic E-state index is -2.22. The van der Waals surface area contributed by atoms with E-state index in [9.17, 15) is 4.39 Å². The van der Waals surface area contributed by atoms with Gasteiger partial charge in [0.2, 0.25) is 0 Å². The lowest BCUT2D eigenvalue weighted by molar-refractivity contribution is 0.457. The van der Waals surface area contributed by atoms with Gasteiger partial charge in [-0.25, -0.2) is 13.9 Å². The number of nitrogens with zero attached hydrogens (tertiary/aromatic N) is 3. The van der Waals surface area contributed by atoms with Crippen molar-refractivity contribution >= 4 is 64.5 Å². The lowest BCUT2D eigenvalue weighted by atomic mass is 10.2. The van der Waals surface area contributed by atoms with Crippen molar-refractivity contribution in [2.24, 2.45) is 10.7 Å². The van der Waals surface area contributed by atoms with Crippen LogP contribution in [0.2, 0.25) is 28.2 Å². The molecule has 1 aromatic carbocycles. The smallest absolute Gasteiger partial charge is 0.250 e. The molecule has 0 aliphatic rings. The quantitative estimate of drug-likeness (QED) is 0.225. The molecule has 10 heteroatoms. The van der Waals surface area contributed by atoms with E-state index in [1.807, 2.05) is 19.2 Å². The lowest BCUT2D eigenvalue weighted by Crippen LogP contribution is -2.44. The number of fused-ring (bicyclic) bond motifs is 1. The summed E-state index contributed by atoms with van der Waals surface area (Å²) < 4.78 is 23.3. The summed E-state index contributed by atoms with van der Waals surface area (Å²) in [6.07, 6.45) is 3.27. The highest BCUT2D eigenvalue weighted by Crippen LogP contribution is 2.40. The van der Waals surface area contributed by atoms with E-state index in [2.05, 4.69) is 46.8 Å². The van der Waals surface area contributed by atoms with Crippen LogP contribution < -0.4 is 10.2 Å². The monoisotopic (exact) mass is 530 g/mol. The summed E-state index contributed by atoms with van der Waals surface area (Å²) in [5, 5.41) is 4.79. The minimum Gasteiger partial charge on any atom is -0.542 e. The van der Waals surface area contributed by atoms with Gasteiger partial charge in [0.1, 0.15) is 11.6 Å². The molecule has 0 saturated heterocycles. The van der Waals surface area contributed by atoms with Crippen molar-refractivity contribution in [2.45, 2.75) is 38.9 Å². The second kappa shape index (κ2) is 8.14. The highest BCUT2D eigenvalue weighted by molar-refractivity contribution is 9.10. The predicted octanol–water partition coefficient (Wildman–Crippen LogP) is 6.96. The summed E-state index contributed by atoms with van der Waals surface area (Å²) in [4.78, 5) is 4.28. The summed E-state index contributed by atoms with van der Waals surface area (Å²) in [6, 6.07) is 4.47. The maximum Gasteiger partial charge on any atom is 0.250 e. The van der Waals surface area contributed by atoms with Crippen molar-refractivity contribution in [1.82, 2.24) is 9.61 Å². The van der Waals surface area contributed by atoms with Gasteiger partial charge in [0.05, 0.1) is 33.0 Å². The first kappa shape index (κ1) is 23.1. The lowest BCUT2D eigenvalue weighted by Gasteiger charge is -2.36. The number of aliphatic imine (C=N–C) groups is 1. The highest BCUT2D eigenvalue weighted by Gasteiger charge is 2.39. The first-order chi connectivity index (χ1) is 13.8. The Morgan fingerprint density at radius 3 is 2.57 bits per heavy atom. The first-order valence-electron chi connectivity index (χ1n) is 9.15. The molecule has 2 N–H and O–H groups in total. The molecule has 0 aliphatic carbocycles. The molecule has 3 rings (SSSR count). The van der Waals surface area contributed by atoms with Crippen molar-refractivity contribution in [3.05, 3.63) is 56.5 Å². The predicted molar refractivity (Wildman–Crippen MR) is 128 cm³/mol. The fourth-order valence-electron chi connectivity index (χ4n) is 2.47. The molecule has 0 fully saturated rings. The average molecular weight is 532 g/mol. The molecule has 0 saturated carbocycles. The number of nitrogens with two attached hydrogens (primary N) is 1. The normalized spacial score (nSPS) is 13.2. The van der Waals surface area contributed by atoms with Crippen molar-refractivity contribution in [2.75, 3.05) is 0 Å². The van der Waals surface area contributed by atoms with Crippen molar-refractivity contribution < 1.29 is 8.82 Å². The van der Waals surface area contributed by atoms with Gasteiger partial charge < -0.3 is 10.2 Å². The van der Waals surface area contributed by atoms with Gasteiger partial charge in [-0.2, -0.15) is 5.10 Å². The Balaban J connectivity index is 1.98. The van der Waals surface area contributed by atoms with E-state index < -0.39 is 14.1 Å². The Morgan fingerprint density at radius 1 is 1.27 bits per heavy atom. The number of aromatic nitrogens is 2. The van der Waals surface area contributed by atoms with E-state index in [1.54, 1.807) is 10.7 Å². The third kappa shape index (κ3) is 4.51. The Morgan fingerprint density at radius 2 is 1.93 bits per heavy atom. The van der Waals surface area contributed by atoms with Crippen molar-refractivity contribution in [3.63, 3.8) is 0 Å². The Hall–Kier alpha value is -1.61. The zero-order valence-electron chi connectivity index (χ0n) is 17.2. The molecule has 0 amide bonds. The molecule has 2 aromatic heterocycles. The highest BCUT2D eigenvalue weighted by atomic mass is 79.9. The number of halogens is 4. The number of amidine groups is 1. The van der Waals surface area contributed by atoms with E-state index in [1.165, 1.54) is 18.3 Å². The Bertz CT molecular complexity index is 1160. The van der Waals surface area contributed by atoms with Crippen LogP contribution >= 0.6 is 39.1 Å². The number of hydrogen-bond donors (Lipinski definition) is 1. The van der Waals surface area contributed by atoms with E-state index in [-0.39, 0.29) is 27.3 Å². The summed E-state index contributed by atoms with van der Waals surface area (Å²) in [7, 11) is -2.22. The maximum absolute atomic E-state index is 14.8. The van der Waals surface area contributed by atoms with E-state index >= 15 is 0 Å². The number of benzene rings is 1. The summed E-state index contributed by atoms with van der Waals surface area (Å²) in [6.45, 7) is 10.3. The standard InChI is InChI=1S/C20H22BrCl2FN4OSi/c1-20(2,3)30(4,5)29-17-7-13(22)15(8-14(17)24)27-19(25)12-9-26-28-10-11(21)6-16(28)18(12)23/h6-10H,1-5H3,(H2,25,27). The molecular weight excluding hydrogens is 510 g/mol. The van der Waals surface area contributed by atoms with E-state index in [4.69, 9.17) is 33.4 Å². The summed E-state index contributed by atoms with van der Waals surface area (Å²) >= 11 is 16.2. The van der Waals surface area contributed by atoms with Gasteiger partial charge in [-0.05, 0) is 40.1 Å². The Kier molecular flexibility index (Phi) is 6.26. The number of rotatable bonds is 4. The molecule has 0 atom stereocenters. The van der Waals surface area contributed by atoms with Gasteiger partial charge in [0.25, 0.3) is 8.32 Å². The third-order valence-corrected chi connectivity index (χ3v) is 10.7. The fourth-order valence-corrected chi connectivity index (χ4v) is 4.38. The molecule has 0 bridgehead atoms. The maximum atomic E-state index is 14.8. The van der Waals surface area contributed by atoms with Crippen LogP contribution in [0.5, 0.6) is 5.75 Å². The molecule has 160 valence electrons. The Labute approximate surface area is 194 Å². The fraction of sp³-hybridized carbons (Fsp3) is 0.300. The van der Waals surface area contributed by atoms with E-state index in [0.29, 0.717) is 16.1 Å². The molecule has 5 nitrogen and oxygen atoms in total. The second-order valence-electron chi connectivity index (χ2n) is 8.45. The van der Waals surface area contributed by atoms with Crippen LogP contribution in [-0.4, -0.2) is 23.8 Å². The summed E-state index contributed by atoms with van der Waals surface area (Å²) in [5.41, 5.74) is 7.41. The van der Waals surface area contributed by atoms with Crippen LogP contribution in [0, 0.1) is 5.82 Å². The molecule has 0 radical (unpaired) electrons. The van der Waals surface area contributed by atoms with Gasteiger partial charge in [0.15, 0.2) is 5.82 Å². The van der Waals surface area contributed by atoms with Crippen molar-refractivity contribution in [3.8, 4) is 5.75 Å². The molecule has 0 aliphatic heterocycles. The van der Waals surface area contributed by atoms with Crippen LogP contribution in [0.4, 0.5) is 10.1 Å². The molecule has 30 heavy (non-hydrogen) atoms. The minimum absolute atomic E-state index is 0.0756. The summed E-state index contributed by atoms with van der Waals surface area (Å²) in [5.74, 6) is -0.360. The SMILES string of the molecule is CC(C)(C)[Si](C)(C)Oc1cc(Cl)c(/N=C(\N)c2cnn3cc(Br)cc3c2Cl)cc1F. The number of hydrogen-bond acceptors (Lipinski definition) is 3. The van der Waals surface area contributed by atoms with Crippen LogP contribution in [0.25, 0.3) is 5.52 Å². The average Bonchev–Trinajstić information content (AvgIpc) is 2.99. The van der Waals surface area contributed by atoms with Crippen LogP contribution in [0.1, 0.15) is 26.3 Å². The molecule has 0 unspecified atom stereocenters. The molecule has 3 aromatic rings. The second-order valence-corrected chi connectivity index (χ2v) is 14.9. The van der Waals surface area contributed by atoms with E-state index in [0.717, 1.165) is 4.47 Å². The first-order valence-corrected chi connectivity index (χ1v) is 13.6. The molecule has 2 heterocycles. The van der Waals surface area contributed by atoms with Crippen molar-refractivity contribution in [1.29, 1.82) is 0 Å². The zero-order valence-corrected chi connectivity index (χ0v) is 21.3.